The molecule has 1 heterocycles. The fourth-order valence-corrected chi connectivity index (χ4v) is 5.30. The Balaban J connectivity index is 1.38. The van der Waals surface area contributed by atoms with E-state index in [-0.39, 0.29) is 24.9 Å². The van der Waals surface area contributed by atoms with Crippen LogP contribution < -0.4 is 5.32 Å². The molecule has 2 atom stereocenters. The van der Waals surface area contributed by atoms with Crippen LogP contribution in [-0.4, -0.2) is 53.2 Å². The van der Waals surface area contributed by atoms with Gasteiger partial charge in [-0.05, 0) is 47.9 Å². The number of hydrogen-bond acceptors (Lipinski definition) is 4. The van der Waals surface area contributed by atoms with E-state index in [0.29, 0.717) is 19.4 Å². The van der Waals surface area contributed by atoms with Gasteiger partial charge < -0.3 is 20.1 Å². The van der Waals surface area contributed by atoms with Gasteiger partial charge in [0, 0.05) is 24.9 Å². The van der Waals surface area contributed by atoms with Crippen LogP contribution in [0.25, 0.3) is 11.1 Å². The van der Waals surface area contributed by atoms with Crippen molar-refractivity contribution in [1.82, 2.24) is 10.2 Å². The summed E-state index contributed by atoms with van der Waals surface area (Å²) >= 11 is 0. The Morgan fingerprint density at radius 1 is 1.06 bits per heavy atom. The average molecular weight is 479 g/mol. The first-order valence-electron chi connectivity index (χ1n) is 12.6. The Hall–Kier alpha value is -3.35. The number of unbranched alkanes of at least 4 members (excludes halogenated alkanes) is 1. The van der Waals surface area contributed by atoms with Crippen LogP contribution in [-0.2, 0) is 14.3 Å². The molecule has 35 heavy (non-hydrogen) atoms. The van der Waals surface area contributed by atoms with Crippen LogP contribution in [0, 0.1) is 0 Å². The number of benzene rings is 2. The van der Waals surface area contributed by atoms with Crippen LogP contribution in [0.15, 0.2) is 48.5 Å². The quantitative estimate of drug-likeness (QED) is 0.532. The van der Waals surface area contributed by atoms with Gasteiger partial charge in [-0.3, -0.25) is 4.79 Å². The zero-order chi connectivity index (χ0) is 24.8. The van der Waals surface area contributed by atoms with Crippen LogP contribution in [0.3, 0.4) is 0 Å². The zero-order valence-corrected chi connectivity index (χ0v) is 20.2. The lowest BCUT2D eigenvalue weighted by molar-refractivity contribution is -0.152. The van der Waals surface area contributed by atoms with Gasteiger partial charge in [0.15, 0.2) is 0 Å². The molecule has 4 rings (SSSR count). The van der Waals surface area contributed by atoms with Gasteiger partial charge in [-0.25, -0.2) is 9.59 Å². The predicted octanol–water partition coefficient (Wildman–Crippen LogP) is 4.94. The third-order valence-corrected chi connectivity index (χ3v) is 7.10. The molecular weight excluding hydrogens is 444 g/mol. The number of carbonyl (C=O) groups excluding carboxylic acids is 2. The smallest absolute Gasteiger partial charge is 0.407 e. The van der Waals surface area contributed by atoms with Gasteiger partial charge in [0.1, 0.15) is 12.6 Å². The fourth-order valence-electron chi connectivity index (χ4n) is 5.30. The highest BCUT2D eigenvalue weighted by Crippen LogP contribution is 2.44. The number of likely N-dealkylation sites (tertiary alicyclic amines) is 1. The van der Waals surface area contributed by atoms with E-state index in [9.17, 15) is 19.5 Å². The molecule has 1 aliphatic heterocycles. The second-order valence-corrected chi connectivity index (χ2v) is 9.45. The third-order valence-electron chi connectivity index (χ3n) is 7.10. The molecular formula is C28H34N2O5. The van der Waals surface area contributed by atoms with Crippen LogP contribution in [0.1, 0.15) is 68.9 Å². The van der Waals surface area contributed by atoms with Gasteiger partial charge in [-0.2, -0.15) is 0 Å². The highest BCUT2D eigenvalue weighted by Gasteiger charge is 2.33. The largest absolute Gasteiger partial charge is 0.480 e. The van der Waals surface area contributed by atoms with Crippen molar-refractivity contribution < 1.29 is 24.2 Å². The number of aliphatic carboxylic acids is 1. The summed E-state index contributed by atoms with van der Waals surface area (Å²) in [7, 11) is 0. The highest BCUT2D eigenvalue weighted by molar-refractivity contribution is 5.84. The van der Waals surface area contributed by atoms with E-state index in [2.05, 4.69) is 36.5 Å². The number of rotatable bonds is 9. The number of ether oxygens (including phenoxy) is 1. The van der Waals surface area contributed by atoms with Crippen molar-refractivity contribution >= 4 is 18.0 Å². The van der Waals surface area contributed by atoms with Crippen LogP contribution in [0.2, 0.25) is 0 Å². The molecule has 1 fully saturated rings. The molecule has 2 aliphatic rings. The van der Waals surface area contributed by atoms with Gasteiger partial charge >= 0.3 is 12.1 Å². The second kappa shape index (κ2) is 11.4. The van der Waals surface area contributed by atoms with E-state index < -0.39 is 24.1 Å². The van der Waals surface area contributed by atoms with Gasteiger partial charge in [-0.15, -0.1) is 0 Å². The van der Waals surface area contributed by atoms with E-state index in [0.717, 1.165) is 47.9 Å². The summed E-state index contributed by atoms with van der Waals surface area (Å²) in [4.78, 5) is 38.8. The Labute approximate surface area is 206 Å². The molecule has 2 N–H and O–H groups in total. The Kier molecular flexibility index (Phi) is 8.06. The van der Waals surface area contributed by atoms with Crippen LogP contribution in [0.4, 0.5) is 4.79 Å². The number of nitrogens with one attached hydrogen (secondary N) is 1. The molecule has 2 aromatic carbocycles. The number of carbonyl (C=O) groups is 3. The summed E-state index contributed by atoms with van der Waals surface area (Å²) in [6, 6.07) is 15.2. The van der Waals surface area contributed by atoms with Gasteiger partial charge in [0.05, 0.1) is 0 Å². The van der Waals surface area contributed by atoms with Crippen molar-refractivity contribution in [3.05, 3.63) is 59.7 Å². The van der Waals surface area contributed by atoms with E-state index in [4.69, 9.17) is 4.74 Å². The Morgan fingerprint density at radius 3 is 2.34 bits per heavy atom. The number of nitrogens with zero attached hydrogens (tertiary/aromatic N) is 1. The van der Waals surface area contributed by atoms with Gasteiger partial charge in [0.2, 0.25) is 5.91 Å². The molecule has 1 aliphatic carbocycles. The van der Waals surface area contributed by atoms with Crippen molar-refractivity contribution in [2.24, 2.45) is 0 Å². The summed E-state index contributed by atoms with van der Waals surface area (Å²) in [6.07, 6.45) is 4.02. The van der Waals surface area contributed by atoms with E-state index in [1.54, 1.807) is 0 Å². The average Bonchev–Trinajstić information content (AvgIpc) is 3.19. The molecule has 1 unspecified atom stereocenters. The number of carboxylic acid groups (broad SMARTS) is 1. The molecule has 2 aromatic rings. The number of hydrogen-bond donors (Lipinski definition) is 2. The highest BCUT2D eigenvalue weighted by atomic mass is 16.5. The lowest BCUT2D eigenvalue weighted by Gasteiger charge is -2.34. The molecule has 0 saturated carbocycles. The first-order chi connectivity index (χ1) is 17.0. The zero-order valence-electron chi connectivity index (χ0n) is 20.2. The van der Waals surface area contributed by atoms with Crippen molar-refractivity contribution in [1.29, 1.82) is 0 Å². The normalized spacial score (nSPS) is 17.9. The Morgan fingerprint density at radius 2 is 1.71 bits per heavy atom. The maximum Gasteiger partial charge on any atom is 0.407 e. The van der Waals surface area contributed by atoms with Gasteiger partial charge in [0.25, 0.3) is 0 Å². The minimum atomic E-state index is -0.965. The van der Waals surface area contributed by atoms with Crippen LogP contribution in [0.5, 0.6) is 0 Å². The number of piperidine rings is 1. The first-order valence-corrected chi connectivity index (χ1v) is 12.6. The lowest BCUT2D eigenvalue weighted by atomic mass is 9.98. The lowest BCUT2D eigenvalue weighted by Crippen LogP contribution is -2.50. The standard InChI is InChI=1S/C28H34N2O5/c1-2-3-10-19(17-26(31)30-16-9-8-15-25(30)27(32)33)29-28(34)35-18-24-22-13-6-4-11-20(22)21-12-5-7-14-23(21)24/h4-7,11-14,19,24-25H,2-3,8-10,15-18H2,1H3,(H,29,34)(H,32,33)/t19-,25?/m0/s1. The topological polar surface area (TPSA) is 95.9 Å². The third kappa shape index (κ3) is 5.66. The van der Waals surface area contributed by atoms with Crippen molar-refractivity contribution in [2.45, 2.75) is 69.9 Å². The van der Waals surface area contributed by atoms with E-state index in [1.807, 2.05) is 24.3 Å². The molecule has 0 radical (unpaired) electrons. The molecule has 0 spiro atoms. The van der Waals surface area contributed by atoms with E-state index >= 15 is 0 Å². The maximum atomic E-state index is 13.0. The second-order valence-electron chi connectivity index (χ2n) is 9.45. The van der Waals surface area contributed by atoms with Crippen molar-refractivity contribution in [2.75, 3.05) is 13.2 Å². The van der Waals surface area contributed by atoms with Crippen molar-refractivity contribution in [3.63, 3.8) is 0 Å². The summed E-state index contributed by atoms with van der Waals surface area (Å²) in [6.45, 7) is 2.71. The Bertz CT molecular complexity index is 1020. The molecule has 1 saturated heterocycles. The molecule has 0 bridgehead atoms. The minimum absolute atomic E-state index is 0.0338. The first kappa shape index (κ1) is 24.8. The monoisotopic (exact) mass is 478 g/mol. The number of amides is 2. The number of alkyl carbamates (subject to hydrolysis) is 1. The summed E-state index contributed by atoms with van der Waals surface area (Å²) < 4.78 is 5.67. The van der Waals surface area contributed by atoms with Crippen LogP contribution >= 0.6 is 0 Å². The molecule has 186 valence electrons. The summed E-state index contributed by atoms with van der Waals surface area (Å²) in [5, 5.41) is 12.4. The molecule has 7 nitrogen and oxygen atoms in total. The maximum absolute atomic E-state index is 13.0. The SMILES string of the molecule is CCCC[C@@H](CC(=O)N1CCCCC1C(=O)O)NC(=O)OCC1c2ccccc2-c2ccccc21. The van der Waals surface area contributed by atoms with Gasteiger partial charge in [-0.1, -0.05) is 68.3 Å². The summed E-state index contributed by atoms with van der Waals surface area (Å²) in [5.41, 5.74) is 4.61. The fraction of sp³-hybridized carbons (Fsp3) is 0.464. The minimum Gasteiger partial charge on any atom is -0.480 e. The molecule has 7 heteroatoms. The number of fused-ring (bicyclic) bond motifs is 3. The number of carboxylic acids is 1. The molecule has 2 amide bonds. The van der Waals surface area contributed by atoms with E-state index in [1.165, 1.54) is 4.90 Å². The van der Waals surface area contributed by atoms with Crippen molar-refractivity contribution in [3.8, 4) is 11.1 Å². The summed E-state index contributed by atoms with van der Waals surface area (Å²) in [5.74, 6) is -1.22. The molecule has 0 aromatic heterocycles. The predicted molar refractivity (Wildman–Crippen MR) is 133 cm³/mol.